The molecule has 2 amide bonds. The van der Waals surface area contributed by atoms with Crippen LogP contribution in [-0.2, 0) is 31.3 Å². The minimum atomic E-state index is -1.35. The maximum Gasteiger partial charge on any atom is 0.307 e. The molecule has 1 fully saturated rings. The second-order valence-electron chi connectivity index (χ2n) is 15.3. The number of amides is 2. The van der Waals surface area contributed by atoms with E-state index in [-0.39, 0.29) is 37.6 Å². The van der Waals surface area contributed by atoms with Gasteiger partial charge in [-0.2, -0.15) is 0 Å². The largest absolute Gasteiger partial charge is 0.444 e. The van der Waals surface area contributed by atoms with Crippen LogP contribution in [0.4, 0.5) is 5.69 Å². The van der Waals surface area contributed by atoms with E-state index in [4.69, 9.17) is 16.3 Å². The Morgan fingerprint density at radius 2 is 1.37 bits per heavy atom. The molecule has 1 aliphatic carbocycles. The third-order valence-corrected chi connectivity index (χ3v) is 11.8. The van der Waals surface area contributed by atoms with Gasteiger partial charge in [0.05, 0.1) is 18.7 Å². The number of esters is 1. The quantitative estimate of drug-likeness (QED) is 0.107. The number of anilines is 1. The van der Waals surface area contributed by atoms with Gasteiger partial charge in [-0.05, 0) is 60.1 Å². The molecule has 7 heteroatoms. The fourth-order valence-electron chi connectivity index (χ4n) is 8.47. The van der Waals surface area contributed by atoms with Crippen molar-refractivity contribution >= 4 is 46.7 Å². The Balaban J connectivity index is 1.05. The first-order chi connectivity index (χ1) is 27.8. The highest BCUT2D eigenvalue weighted by Gasteiger charge is 2.42. The van der Waals surface area contributed by atoms with E-state index in [0.717, 1.165) is 39.1 Å². The van der Waals surface area contributed by atoms with Gasteiger partial charge in [0.15, 0.2) is 5.60 Å². The summed E-state index contributed by atoms with van der Waals surface area (Å²) in [5.41, 5.74) is 7.18. The highest BCUT2D eigenvalue weighted by atomic mass is 35.5. The van der Waals surface area contributed by atoms with E-state index in [0.29, 0.717) is 23.0 Å². The number of rotatable bonds is 11. The van der Waals surface area contributed by atoms with Crippen LogP contribution in [0.5, 0.6) is 0 Å². The Kier molecular flexibility index (Phi) is 13.0. The van der Waals surface area contributed by atoms with Crippen molar-refractivity contribution in [3.63, 3.8) is 0 Å². The van der Waals surface area contributed by atoms with Gasteiger partial charge in [-0.15, -0.1) is 0 Å². The fraction of sp³-hybridized carbons (Fsp3) is 0.300. The molecule has 1 atom stereocenters. The molecular formula is C50H51ClN2O4. The molecule has 1 heterocycles. The molecule has 1 N–H and O–H groups in total. The number of halogens is 1. The lowest BCUT2D eigenvalue weighted by Gasteiger charge is -2.36. The summed E-state index contributed by atoms with van der Waals surface area (Å²) < 4.78 is 6.60. The molecule has 0 aromatic heterocycles. The first-order valence-electron chi connectivity index (χ1n) is 20.4. The maximum absolute atomic E-state index is 14.0. The van der Waals surface area contributed by atoms with Crippen LogP contribution in [0.15, 0.2) is 127 Å². The predicted octanol–water partition coefficient (Wildman–Crippen LogP) is 11.4. The number of carbonyl (C=O) groups is 3. The van der Waals surface area contributed by atoms with Crippen molar-refractivity contribution in [1.29, 1.82) is 0 Å². The average Bonchev–Trinajstić information content (AvgIpc) is 3.22. The summed E-state index contributed by atoms with van der Waals surface area (Å²) in [6, 6.07) is 41.7. The van der Waals surface area contributed by atoms with Crippen LogP contribution in [0, 0.1) is 0 Å². The van der Waals surface area contributed by atoms with Crippen molar-refractivity contribution in [2.45, 2.75) is 89.2 Å². The van der Waals surface area contributed by atoms with E-state index in [1.165, 1.54) is 50.5 Å². The van der Waals surface area contributed by atoms with Crippen molar-refractivity contribution in [2.24, 2.45) is 0 Å². The number of hydrogen-bond acceptors (Lipinski definition) is 4. The van der Waals surface area contributed by atoms with Gasteiger partial charge in [0.1, 0.15) is 0 Å². The summed E-state index contributed by atoms with van der Waals surface area (Å²) in [5, 5.41) is 3.34. The molecule has 57 heavy (non-hydrogen) atoms. The Morgan fingerprint density at radius 3 is 2.14 bits per heavy atom. The molecule has 0 bridgehead atoms. The van der Waals surface area contributed by atoms with Crippen LogP contribution in [0.1, 0.15) is 116 Å². The lowest BCUT2D eigenvalue weighted by Crippen LogP contribution is -2.36. The summed E-state index contributed by atoms with van der Waals surface area (Å²) >= 11 is 6.93. The molecule has 1 aliphatic heterocycles. The van der Waals surface area contributed by atoms with Gasteiger partial charge in [-0.3, -0.25) is 14.4 Å². The van der Waals surface area contributed by atoms with Gasteiger partial charge in [0.25, 0.3) is 0 Å². The zero-order valence-corrected chi connectivity index (χ0v) is 33.5. The number of hydrogen-bond donors (Lipinski definition) is 1. The van der Waals surface area contributed by atoms with Crippen molar-refractivity contribution < 1.29 is 19.1 Å². The molecule has 0 saturated heterocycles. The monoisotopic (exact) mass is 778 g/mol. The van der Waals surface area contributed by atoms with E-state index in [1.54, 1.807) is 4.90 Å². The summed E-state index contributed by atoms with van der Waals surface area (Å²) in [5.74, 6) is -0.457. The molecule has 5 aromatic carbocycles. The molecule has 6 nitrogen and oxygen atoms in total. The van der Waals surface area contributed by atoms with Crippen LogP contribution in [0.3, 0.4) is 0 Å². The smallest absolute Gasteiger partial charge is 0.307 e. The Hall–Kier alpha value is -5.46. The third kappa shape index (κ3) is 9.24. The zero-order valence-electron chi connectivity index (χ0n) is 32.7. The molecule has 7 rings (SSSR count). The highest BCUT2D eigenvalue weighted by Crippen LogP contribution is 2.44. The Morgan fingerprint density at radius 1 is 0.719 bits per heavy atom. The van der Waals surface area contributed by atoms with E-state index in [1.807, 2.05) is 97.1 Å². The molecular weight excluding hydrogens is 728 g/mol. The van der Waals surface area contributed by atoms with Crippen molar-refractivity contribution in [3.8, 4) is 0 Å². The van der Waals surface area contributed by atoms with Crippen molar-refractivity contribution in [1.82, 2.24) is 5.32 Å². The van der Waals surface area contributed by atoms with E-state index in [2.05, 4.69) is 48.6 Å². The van der Waals surface area contributed by atoms with Crippen molar-refractivity contribution in [2.75, 3.05) is 11.4 Å². The van der Waals surface area contributed by atoms with Crippen LogP contribution in [0.2, 0.25) is 5.02 Å². The fourth-order valence-corrected chi connectivity index (χ4v) is 8.74. The Labute approximate surface area is 341 Å². The maximum atomic E-state index is 14.0. The first-order valence-corrected chi connectivity index (χ1v) is 20.8. The number of ether oxygens (including phenoxy) is 1. The van der Waals surface area contributed by atoms with Crippen molar-refractivity contribution in [3.05, 3.63) is 171 Å². The molecule has 292 valence electrons. The lowest BCUT2D eigenvalue weighted by atomic mass is 9.78. The number of fused-ring (bicyclic) bond motifs is 2. The molecule has 5 aromatic rings. The first kappa shape index (κ1) is 39.8. The van der Waals surface area contributed by atoms with Crippen LogP contribution < -0.4 is 10.2 Å². The van der Waals surface area contributed by atoms with E-state index in [9.17, 15) is 14.4 Å². The molecule has 0 radical (unpaired) electrons. The number of carbonyl (C=O) groups excluding carboxylic acids is 3. The summed E-state index contributed by atoms with van der Waals surface area (Å²) in [4.78, 5) is 42.8. The summed E-state index contributed by atoms with van der Waals surface area (Å²) in [6.07, 6.45) is 10.7. The van der Waals surface area contributed by atoms with Gasteiger partial charge < -0.3 is 15.0 Å². The lowest BCUT2D eigenvalue weighted by molar-refractivity contribution is -0.154. The number of nitrogens with zero attached hydrogens (tertiary/aromatic N) is 1. The molecule has 1 saturated carbocycles. The number of para-hydroxylation sites is 1. The SMILES string of the molecule is C/C1=C/c2ccccc2CN(C(=O)CCNC(=O)CCC(=O)OC(c2ccccc2)(c2ccc(C3CCCCCCC3)cc2)c2ccccc2Cl)c2ccccc21. The van der Waals surface area contributed by atoms with E-state index >= 15 is 0 Å². The second kappa shape index (κ2) is 18.7. The minimum Gasteiger partial charge on any atom is -0.444 e. The summed E-state index contributed by atoms with van der Waals surface area (Å²) in [7, 11) is 0. The van der Waals surface area contributed by atoms with Gasteiger partial charge in [0, 0.05) is 46.7 Å². The molecule has 1 unspecified atom stereocenters. The normalized spacial score (nSPS) is 16.5. The summed E-state index contributed by atoms with van der Waals surface area (Å²) in [6.45, 7) is 2.62. The number of benzene rings is 5. The van der Waals surface area contributed by atoms with Gasteiger partial charge >= 0.3 is 5.97 Å². The number of allylic oxidation sites excluding steroid dienone is 1. The number of nitrogens with one attached hydrogen (secondary N) is 1. The molecule has 2 aliphatic rings. The third-order valence-electron chi connectivity index (χ3n) is 11.5. The van der Waals surface area contributed by atoms with Gasteiger partial charge in [-0.25, -0.2) is 0 Å². The van der Waals surface area contributed by atoms with Crippen LogP contribution in [0.25, 0.3) is 11.6 Å². The van der Waals surface area contributed by atoms with Gasteiger partial charge in [-0.1, -0.05) is 165 Å². The Bertz CT molecular complexity index is 2210. The van der Waals surface area contributed by atoms with Crippen LogP contribution >= 0.6 is 11.6 Å². The minimum absolute atomic E-state index is 0.0923. The van der Waals surface area contributed by atoms with Crippen LogP contribution in [-0.4, -0.2) is 24.3 Å². The topological polar surface area (TPSA) is 75.7 Å². The second-order valence-corrected chi connectivity index (χ2v) is 15.7. The molecule has 0 spiro atoms. The van der Waals surface area contributed by atoms with E-state index < -0.39 is 11.6 Å². The average molecular weight is 779 g/mol. The standard InChI is InChI=1S/C50H51ClN2O4/c1-36-34-39-18-10-11-19-40(39)35-53(46-25-15-12-22-43(36)46)48(55)32-33-52-47(54)30-31-49(56)57-50(41-20-8-5-9-21-41,44-23-13-14-24-45(44)51)42-28-26-38(27-29-42)37-16-6-3-2-4-7-17-37/h5,8-15,18-29,34,37H,2-4,6-7,16-17,30-33,35H2,1H3,(H,52,54)/b36-34-. The van der Waals surface area contributed by atoms with Gasteiger partial charge in [0.2, 0.25) is 11.8 Å². The predicted molar refractivity (Wildman–Crippen MR) is 230 cm³/mol. The highest BCUT2D eigenvalue weighted by molar-refractivity contribution is 6.31. The zero-order chi connectivity index (χ0) is 39.6.